The lowest BCUT2D eigenvalue weighted by Crippen LogP contribution is -2.28. The van der Waals surface area contributed by atoms with Crippen molar-refractivity contribution in [2.75, 3.05) is 6.54 Å². The number of rotatable bonds is 6. The van der Waals surface area contributed by atoms with Gasteiger partial charge in [0, 0.05) is 24.9 Å². The summed E-state index contributed by atoms with van der Waals surface area (Å²) in [5, 5.41) is 7.29. The number of aromatic nitrogens is 4. The summed E-state index contributed by atoms with van der Waals surface area (Å²) in [5.74, 6) is 1.54. The van der Waals surface area contributed by atoms with Gasteiger partial charge >= 0.3 is 0 Å². The molecule has 6 nitrogen and oxygen atoms in total. The van der Waals surface area contributed by atoms with Crippen molar-refractivity contribution in [2.45, 2.75) is 39.7 Å². The fourth-order valence-corrected chi connectivity index (χ4v) is 1.66. The van der Waals surface area contributed by atoms with Crippen LogP contribution in [0.3, 0.4) is 0 Å². The fourth-order valence-electron chi connectivity index (χ4n) is 1.66. The van der Waals surface area contributed by atoms with Crippen LogP contribution in [-0.2, 0) is 6.42 Å². The second-order valence-electron chi connectivity index (χ2n) is 4.66. The van der Waals surface area contributed by atoms with Crippen molar-refractivity contribution in [1.82, 2.24) is 25.4 Å². The summed E-state index contributed by atoms with van der Waals surface area (Å²) in [5.41, 5.74) is 1.00. The number of hydrogen-bond acceptors (Lipinski definition) is 6. The minimum Gasteiger partial charge on any atom is -0.339 e. The third-order valence-electron chi connectivity index (χ3n) is 2.67. The van der Waals surface area contributed by atoms with Gasteiger partial charge in [-0.15, -0.1) is 0 Å². The Morgan fingerprint density at radius 1 is 1.26 bits per heavy atom. The highest BCUT2D eigenvalue weighted by Crippen LogP contribution is 2.11. The summed E-state index contributed by atoms with van der Waals surface area (Å²) in [7, 11) is 0. The quantitative estimate of drug-likeness (QED) is 0.854. The molecule has 0 aliphatic heterocycles. The topological polar surface area (TPSA) is 76.7 Å². The third kappa shape index (κ3) is 3.82. The largest absolute Gasteiger partial charge is 0.339 e. The van der Waals surface area contributed by atoms with Crippen LogP contribution < -0.4 is 5.32 Å². The summed E-state index contributed by atoms with van der Waals surface area (Å²) >= 11 is 0. The first-order valence-corrected chi connectivity index (χ1v) is 6.54. The highest BCUT2D eigenvalue weighted by molar-refractivity contribution is 5.40. The molecule has 1 N–H and O–H groups in total. The minimum absolute atomic E-state index is 0.312. The Morgan fingerprint density at radius 2 is 2.00 bits per heavy atom. The van der Waals surface area contributed by atoms with Crippen molar-refractivity contribution in [3.05, 3.63) is 23.8 Å². The Bertz CT molecular complexity index is 508. The lowest BCUT2D eigenvalue weighted by molar-refractivity contribution is 0.361. The van der Waals surface area contributed by atoms with Crippen LogP contribution in [0.4, 0.5) is 0 Å². The van der Waals surface area contributed by atoms with Crippen molar-refractivity contribution in [1.29, 1.82) is 0 Å². The van der Waals surface area contributed by atoms with Gasteiger partial charge in [-0.05, 0) is 32.4 Å². The van der Waals surface area contributed by atoms with Crippen LogP contribution in [0.1, 0.15) is 31.7 Å². The summed E-state index contributed by atoms with van der Waals surface area (Å²) in [4.78, 5) is 12.7. The molecule has 0 fully saturated rings. The van der Waals surface area contributed by atoms with Gasteiger partial charge in [0.1, 0.15) is 0 Å². The second kappa shape index (κ2) is 6.38. The average Bonchev–Trinajstić information content (AvgIpc) is 2.85. The third-order valence-corrected chi connectivity index (χ3v) is 2.67. The number of aryl methyl sites for hydroxylation is 1. The Balaban J connectivity index is 2.00. The van der Waals surface area contributed by atoms with Crippen molar-refractivity contribution in [3.63, 3.8) is 0 Å². The van der Waals surface area contributed by atoms with Gasteiger partial charge in [-0.25, -0.2) is 9.97 Å². The standard InChI is InChI=1S/C13H19N5O/c1-4-5-14-10(3)6-11-17-13(18-19-11)12-15-7-9(2)8-16-12/h7-8,10,14H,4-6H2,1-3H3. The zero-order valence-electron chi connectivity index (χ0n) is 11.6. The molecule has 0 saturated carbocycles. The molecule has 19 heavy (non-hydrogen) atoms. The van der Waals surface area contributed by atoms with Crippen LogP contribution in [0.15, 0.2) is 16.9 Å². The minimum atomic E-state index is 0.312. The maximum absolute atomic E-state index is 5.22. The Hall–Kier alpha value is -1.82. The van der Waals surface area contributed by atoms with Gasteiger partial charge in [-0.3, -0.25) is 0 Å². The molecule has 1 atom stereocenters. The number of hydrogen-bond donors (Lipinski definition) is 1. The zero-order chi connectivity index (χ0) is 13.7. The van der Waals surface area contributed by atoms with Crippen LogP contribution in [0.5, 0.6) is 0 Å². The number of nitrogens with zero attached hydrogens (tertiary/aromatic N) is 4. The lowest BCUT2D eigenvalue weighted by Gasteiger charge is -2.09. The van der Waals surface area contributed by atoms with E-state index in [1.165, 1.54) is 0 Å². The molecule has 0 spiro atoms. The first-order chi connectivity index (χ1) is 9.19. The molecule has 102 valence electrons. The maximum Gasteiger partial charge on any atom is 0.240 e. The molecule has 2 heterocycles. The van der Waals surface area contributed by atoms with Crippen molar-refractivity contribution >= 4 is 0 Å². The second-order valence-corrected chi connectivity index (χ2v) is 4.66. The van der Waals surface area contributed by atoms with E-state index in [9.17, 15) is 0 Å². The molecule has 0 bridgehead atoms. The van der Waals surface area contributed by atoms with Gasteiger partial charge < -0.3 is 9.84 Å². The highest BCUT2D eigenvalue weighted by atomic mass is 16.5. The molecule has 0 aromatic carbocycles. The van der Waals surface area contributed by atoms with E-state index < -0.39 is 0 Å². The molecule has 0 radical (unpaired) electrons. The fraction of sp³-hybridized carbons (Fsp3) is 0.538. The molecular formula is C13H19N5O. The van der Waals surface area contributed by atoms with Gasteiger partial charge in [0.05, 0.1) is 0 Å². The van der Waals surface area contributed by atoms with E-state index in [1.807, 2.05) is 6.92 Å². The van der Waals surface area contributed by atoms with Gasteiger partial charge in [0.2, 0.25) is 17.5 Å². The van der Waals surface area contributed by atoms with E-state index >= 15 is 0 Å². The number of nitrogens with one attached hydrogen (secondary N) is 1. The smallest absolute Gasteiger partial charge is 0.240 e. The maximum atomic E-state index is 5.22. The van der Waals surface area contributed by atoms with Gasteiger partial charge in [-0.2, -0.15) is 4.98 Å². The Labute approximate surface area is 112 Å². The van der Waals surface area contributed by atoms with E-state index in [4.69, 9.17) is 4.52 Å². The molecular weight excluding hydrogens is 242 g/mol. The van der Waals surface area contributed by atoms with E-state index in [0.29, 0.717) is 30.0 Å². The van der Waals surface area contributed by atoms with E-state index in [2.05, 4.69) is 39.3 Å². The first kappa shape index (κ1) is 13.6. The Morgan fingerprint density at radius 3 is 2.68 bits per heavy atom. The van der Waals surface area contributed by atoms with Crippen LogP contribution in [-0.4, -0.2) is 32.7 Å². The van der Waals surface area contributed by atoms with Gasteiger partial charge in [0.15, 0.2) is 0 Å². The molecule has 2 aromatic heterocycles. The van der Waals surface area contributed by atoms with Crippen LogP contribution in [0, 0.1) is 6.92 Å². The highest BCUT2D eigenvalue weighted by Gasteiger charge is 2.13. The van der Waals surface area contributed by atoms with Gasteiger partial charge in [-0.1, -0.05) is 12.1 Å². The first-order valence-electron chi connectivity index (χ1n) is 6.54. The molecule has 0 aliphatic carbocycles. The molecule has 0 amide bonds. The van der Waals surface area contributed by atoms with Gasteiger partial charge in [0.25, 0.3) is 0 Å². The van der Waals surface area contributed by atoms with Crippen molar-refractivity contribution in [3.8, 4) is 11.6 Å². The molecule has 0 saturated heterocycles. The summed E-state index contributed by atoms with van der Waals surface area (Å²) in [6, 6.07) is 0.312. The molecule has 2 aromatic rings. The molecule has 2 rings (SSSR count). The molecule has 6 heteroatoms. The van der Waals surface area contributed by atoms with Crippen LogP contribution in [0.25, 0.3) is 11.6 Å². The average molecular weight is 261 g/mol. The molecule has 1 unspecified atom stereocenters. The lowest BCUT2D eigenvalue weighted by atomic mass is 10.2. The summed E-state index contributed by atoms with van der Waals surface area (Å²) in [6.45, 7) is 7.16. The SMILES string of the molecule is CCCNC(C)Cc1nc(-c2ncc(C)cn2)no1. The summed E-state index contributed by atoms with van der Waals surface area (Å²) < 4.78 is 5.22. The monoisotopic (exact) mass is 261 g/mol. The van der Waals surface area contributed by atoms with Crippen LogP contribution in [0.2, 0.25) is 0 Å². The predicted octanol–water partition coefficient (Wildman–Crippen LogP) is 1.77. The Kier molecular flexibility index (Phi) is 4.57. The van der Waals surface area contributed by atoms with E-state index in [-0.39, 0.29) is 0 Å². The van der Waals surface area contributed by atoms with Crippen molar-refractivity contribution < 1.29 is 4.52 Å². The zero-order valence-corrected chi connectivity index (χ0v) is 11.6. The van der Waals surface area contributed by atoms with E-state index in [1.54, 1.807) is 12.4 Å². The normalized spacial score (nSPS) is 12.6. The predicted molar refractivity (Wildman–Crippen MR) is 71.5 cm³/mol. The summed E-state index contributed by atoms with van der Waals surface area (Å²) in [6.07, 6.45) is 5.29. The van der Waals surface area contributed by atoms with Crippen LogP contribution >= 0.6 is 0 Å². The molecule has 0 aliphatic rings. The van der Waals surface area contributed by atoms with Crippen molar-refractivity contribution in [2.24, 2.45) is 0 Å². The van der Waals surface area contributed by atoms with E-state index in [0.717, 1.165) is 18.5 Å².